The van der Waals surface area contributed by atoms with E-state index in [0.29, 0.717) is 40.0 Å². The Morgan fingerprint density at radius 1 is 1.00 bits per heavy atom. The topological polar surface area (TPSA) is 87.7 Å². The van der Waals surface area contributed by atoms with Crippen molar-refractivity contribution >= 4 is 40.6 Å². The molecule has 0 aliphatic carbocycles. The summed E-state index contributed by atoms with van der Waals surface area (Å²) in [6.07, 6.45) is 1.50. The maximum atomic E-state index is 14.1. The van der Waals surface area contributed by atoms with Crippen LogP contribution in [-0.2, 0) is 6.42 Å². The number of ketones is 1. The van der Waals surface area contributed by atoms with Gasteiger partial charge in [-0.2, -0.15) is 0 Å². The number of ether oxygens (including phenoxy) is 1. The molecule has 8 nitrogen and oxygen atoms in total. The molecule has 4 aromatic rings. The van der Waals surface area contributed by atoms with Crippen LogP contribution in [0.1, 0.15) is 26.4 Å². The number of anilines is 3. The average molecular weight is 580 g/mol. The summed E-state index contributed by atoms with van der Waals surface area (Å²) in [7, 11) is 5.34. The third-order valence-electron chi connectivity index (χ3n) is 6.06. The van der Waals surface area contributed by atoms with Gasteiger partial charge in [-0.05, 0) is 68.7 Å². The third-order valence-corrected chi connectivity index (χ3v) is 6.35. The lowest BCUT2D eigenvalue weighted by Crippen LogP contribution is -2.27. The normalized spacial score (nSPS) is 10.9. The van der Waals surface area contributed by atoms with E-state index in [9.17, 15) is 18.4 Å². The van der Waals surface area contributed by atoms with Crippen molar-refractivity contribution in [3.05, 3.63) is 106 Å². The number of nitrogens with zero attached hydrogens (tertiary/aromatic N) is 4. The number of amides is 1. The van der Waals surface area contributed by atoms with Crippen LogP contribution in [0.25, 0.3) is 0 Å². The van der Waals surface area contributed by atoms with E-state index < -0.39 is 23.1 Å². The number of nitrogens with one attached hydrogen (secondary N) is 1. The van der Waals surface area contributed by atoms with E-state index in [0.717, 1.165) is 29.6 Å². The predicted octanol–water partition coefficient (Wildman–Crippen LogP) is 5.79. The largest absolute Gasteiger partial charge is 0.491 e. The fourth-order valence-corrected chi connectivity index (χ4v) is 4.07. The number of hydrogen-bond acceptors (Lipinski definition) is 7. The molecule has 0 saturated heterocycles. The summed E-state index contributed by atoms with van der Waals surface area (Å²) < 4.78 is 33.4. The fraction of sp³-hybridized carbons (Fsp3) is 0.200. The molecule has 1 aromatic heterocycles. The molecule has 0 bridgehead atoms. The molecule has 1 N–H and O–H groups in total. The van der Waals surface area contributed by atoms with Crippen LogP contribution in [0.5, 0.6) is 5.75 Å². The van der Waals surface area contributed by atoms with Crippen LogP contribution in [-0.4, -0.2) is 60.9 Å². The molecule has 0 spiro atoms. The number of aromatic nitrogens is 2. The summed E-state index contributed by atoms with van der Waals surface area (Å²) in [6, 6.07) is 15.9. The minimum atomic E-state index is -0.838. The first kappa shape index (κ1) is 29.6. The summed E-state index contributed by atoms with van der Waals surface area (Å²) in [5, 5.41) is 3.51. The lowest BCUT2D eigenvalue weighted by atomic mass is 10.1. The highest BCUT2D eigenvalue weighted by Gasteiger charge is 2.20. The van der Waals surface area contributed by atoms with E-state index in [4.69, 9.17) is 16.3 Å². The number of hydrogen-bond donors (Lipinski definition) is 1. The second kappa shape index (κ2) is 13.3. The van der Waals surface area contributed by atoms with Crippen molar-refractivity contribution in [1.29, 1.82) is 0 Å². The summed E-state index contributed by atoms with van der Waals surface area (Å²) in [6.45, 7) is 1.25. The SMILES string of the molecule is CN(C)CCOc1ccc(Nc2nccc(CC(=O)c3cccc(N(C)C(=O)c4cc(F)ccc4F)c3)n2)cc1Cl. The number of Topliss-reactive ketones (excluding diaryl/α,β-unsaturated/α-hetero) is 1. The minimum Gasteiger partial charge on any atom is -0.491 e. The molecule has 11 heteroatoms. The van der Waals surface area contributed by atoms with Crippen LogP contribution in [0.3, 0.4) is 0 Å². The Morgan fingerprint density at radius 2 is 1.80 bits per heavy atom. The van der Waals surface area contributed by atoms with E-state index in [1.54, 1.807) is 42.5 Å². The van der Waals surface area contributed by atoms with Crippen molar-refractivity contribution in [3.8, 4) is 5.75 Å². The molecule has 41 heavy (non-hydrogen) atoms. The average Bonchev–Trinajstić information content (AvgIpc) is 2.95. The minimum absolute atomic E-state index is 0.0315. The lowest BCUT2D eigenvalue weighted by Gasteiger charge is -2.18. The molecule has 4 rings (SSSR count). The van der Waals surface area contributed by atoms with Gasteiger partial charge in [0.1, 0.15) is 24.0 Å². The highest BCUT2D eigenvalue weighted by Crippen LogP contribution is 2.29. The first-order chi connectivity index (χ1) is 19.6. The Bertz CT molecular complexity index is 1570. The van der Waals surface area contributed by atoms with Gasteiger partial charge in [0.2, 0.25) is 5.95 Å². The Labute approximate surface area is 241 Å². The van der Waals surface area contributed by atoms with Crippen molar-refractivity contribution in [2.24, 2.45) is 0 Å². The molecule has 0 atom stereocenters. The van der Waals surface area contributed by atoms with Gasteiger partial charge in [-0.25, -0.2) is 18.7 Å². The molecular weight excluding hydrogens is 552 g/mol. The zero-order chi connectivity index (χ0) is 29.5. The van der Waals surface area contributed by atoms with E-state index in [1.165, 1.54) is 19.3 Å². The number of carbonyl (C=O) groups is 2. The van der Waals surface area contributed by atoms with Crippen molar-refractivity contribution in [1.82, 2.24) is 14.9 Å². The van der Waals surface area contributed by atoms with Crippen molar-refractivity contribution in [2.75, 3.05) is 44.5 Å². The predicted molar refractivity (Wildman–Crippen MR) is 154 cm³/mol. The van der Waals surface area contributed by atoms with Gasteiger partial charge in [-0.1, -0.05) is 23.7 Å². The molecular formula is C30H28ClF2N5O3. The van der Waals surface area contributed by atoms with Crippen LogP contribution < -0.4 is 15.0 Å². The summed E-state index contributed by atoms with van der Waals surface area (Å²) in [4.78, 5) is 37.7. The Balaban J connectivity index is 1.42. The van der Waals surface area contributed by atoms with E-state index in [2.05, 4.69) is 15.3 Å². The molecule has 3 aromatic carbocycles. The van der Waals surface area contributed by atoms with Crippen molar-refractivity contribution < 1.29 is 23.1 Å². The van der Waals surface area contributed by atoms with Gasteiger partial charge in [0.05, 0.1) is 22.7 Å². The summed E-state index contributed by atoms with van der Waals surface area (Å²) >= 11 is 6.36. The Morgan fingerprint density at radius 3 is 2.56 bits per heavy atom. The van der Waals surface area contributed by atoms with Crippen molar-refractivity contribution in [3.63, 3.8) is 0 Å². The van der Waals surface area contributed by atoms with Gasteiger partial charge < -0.3 is 19.9 Å². The molecule has 0 fully saturated rings. The van der Waals surface area contributed by atoms with Gasteiger partial charge >= 0.3 is 0 Å². The quantitative estimate of drug-likeness (QED) is 0.225. The molecule has 0 radical (unpaired) electrons. The molecule has 0 saturated carbocycles. The maximum absolute atomic E-state index is 14.1. The standard InChI is InChI=1S/C30H28ClF2N5O3/c1-37(2)13-14-41-28-10-8-21(17-25(28)31)35-30-34-12-11-22(36-30)18-27(39)19-5-4-6-23(15-19)38(3)29(40)24-16-20(32)7-9-26(24)33/h4-12,15-17H,13-14,18H2,1-3H3,(H,34,35,36). The number of benzene rings is 3. The van der Waals surface area contributed by atoms with Gasteiger partial charge in [-0.15, -0.1) is 0 Å². The van der Waals surface area contributed by atoms with Crippen LogP contribution in [0.4, 0.5) is 26.1 Å². The first-order valence-electron chi connectivity index (χ1n) is 12.6. The van der Waals surface area contributed by atoms with Gasteiger partial charge in [0.25, 0.3) is 5.91 Å². The third kappa shape index (κ3) is 7.84. The number of likely N-dealkylation sites (N-methyl/N-ethyl adjacent to an activating group) is 1. The summed E-state index contributed by atoms with van der Waals surface area (Å²) in [5.41, 5.74) is 1.39. The first-order valence-corrected chi connectivity index (χ1v) is 13.0. The lowest BCUT2D eigenvalue weighted by molar-refractivity contribution is 0.0979. The molecule has 212 valence electrons. The van der Waals surface area contributed by atoms with E-state index in [-0.39, 0.29) is 18.2 Å². The Kier molecular flexibility index (Phi) is 9.59. The number of rotatable bonds is 11. The molecule has 1 amide bonds. The van der Waals surface area contributed by atoms with Crippen molar-refractivity contribution in [2.45, 2.75) is 6.42 Å². The highest BCUT2D eigenvalue weighted by molar-refractivity contribution is 6.32. The molecule has 0 aliphatic heterocycles. The van der Waals surface area contributed by atoms with Crippen LogP contribution >= 0.6 is 11.6 Å². The zero-order valence-electron chi connectivity index (χ0n) is 22.7. The van der Waals surface area contributed by atoms with Gasteiger partial charge in [-0.3, -0.25) is 9.59 Å². The van der Waals surface area contributed by atoms with Crippen LogP contribution in [0.2, 0.25) is 5.02 Å². The maximum Gasteiger partial charge on any atom is 0.261 e. The van der Waals surface area contributed by atoms with E-state index in [1.807, 2.05) is 19.0 Å². The smallest absolute Gasteiger partial charge is 0.261 e. The van der Waals surface area contributed by atoms with Crippen LogP contribution in [0.15, 0.2) is 72.9 Å². The summed E-state index contributed by atoms with van der Waals surface area (Å²) in [5.74, 6) is -1.72. The zero-order valence-corrected chi connectivity index (χ0v) is 23.5. The fourth-order valence-electron chi connectivity index (χ4n) is 3.83. The highest BCUT2D eigenvalue weighted by atomic mass is 35.5. The Hall–Kier alpha value is -4.41. The monoisotopic (exact) mass is 579 g/mol. The van der Waals surface area contributed by atoms with Crippen LogP contribution in [0, 0.1) is 11.6 Å². The molecule has 1 heterocycles. The second-order valence-corrected chi connectivity index (χ2v) is 9.84. The second-order valence-electron chi connectivity index (χ2n) is 9.43. The van der Waals surface area contributed by atoms with Gasteiger partial charge in [0, 0.05) is 36.7 Å². The van der Waals surface area contributed by atoms with Gasteiger partial charge in [0.15, 0.2) is 5.78 Å². The number of carbonyl (C=O) groups excluding carboxylic acids is 2. The number of halogens is 3. The van der Waals surface area contributed by atoms with E-state index >= 15 is 0 Å². The molecule has 0 unspecified atom stereocenters. The molecule has 0 aliphatic rings.